The van der Waals surface area contributed by atoms with Gasteiger partial charge in [-0.05, 0) is 74.5 Å². The van der Waals surface area contributed by atoms with Crippen LogP contribution in [0.1, 0.15) is 38.5 Å². The number of pyridine rings is 1. The van der Waals surface area contributed by atoms with Crippen LogP contribution in [0.15, 0.2) is 42.6 Å². The molecule has 4 aliphatic rings. The molecule has 1 N–H and O–H groups in total. The molecule has 0 radical (unpaired) electrons. The Kier molecular flexibility index (Phi) is 5.67. The lowest BCUT2D eigenvalue weighted by Gasteiger charge is -2.34. The van der Waals surface area contributed by atoms with E-state index >= 15 is 4.39 Å². The highest BCUT2D eigenvalue weighted by Crippen LogP contribution is 2.40. The Labute approximate surface area is 231 Å². The maximum Gasteiger partial charge on any atom is 0.319 e. The number of piperazine rings is 1. The molecular weight excluding hydrogens is 510 g/mol. The van der Waals surface area contributed by atoms with E-state index in [-0.39, 0.29) is 28.6 Å². The number of ether oxygens (including phenoxy) is 1. The monoisotopic (exact) mass is 542 g/mol. The highest BCUT2D eigenvalue weighted by molar-refractivity contribution is 5.99. The van der Waals surface area contributed by atoms with Crippen molar-refractivity contribution >= 4 is 27.5 Å². The Morgan fingerprint density at radius 2 is 1.77 bits per heavy atom. The van der Waals surface area contributed by atoms with Gasteiger partial charge in [0.05, 0.1) is 10.9 Å². The van der Waals surface area contributed by atoms with Gasteiger partial charge in [-0.15, -0.1) is 0 Å². The summed E-state index contributed by atoms with van der Waals surface area (Å²) in [7, 11) is 0. The number of nitrogens with one attached hydrogen (secondary N) is 1. The van der Waals surface area contributed by atoms with Crippen LogP contribution in [0.3, 0.4) is 0 Å². The van der Waals surface area contributed by atoms with Crippen LogP contribution in [0.25, 0.3) is 32.9 Å². The Hall–Kier alpha value is -3.43. The smallest absolute Gasteiger partial charge is 0.319 e. The fourth-order valence-corrected chi connectivity index (χ4v) is 7.60. The molecule has 6 heterocycles. The second-order valence-corrected chi connectivity index (χ2v) is 11.9. The molecule has 8 rings (SSSR count). The number of anilines is 1. The molecule has 2 aromatic heterocycles. The summed E-state index contributed by atoms with van der Waals surface area (Å²) < 4.78 is 37.0. The first-order chi connectivity index (χ1) is 19.6. The van der Waals surface area contributed by atoms with Gasteiger partial charge in [-0.3, -0.25) is 9.88 Å². The molecule has 0 spiro atoms. The van der Waals surface area contributed by atoms with Crippen molar-refractivity contribution in [2.45, 2.75) is 56.1 Å². The molecule has 2 aromatic carbocycles. The van der Waals surface area contributed by atoms with Gasteiger partial charge in [0.2, 0.25) is 0 Å². The Balaban J connectivity index is 1.25. The summed E-state index contributed by atoms with van der Waals surface area (Å²) in [6.45, 7) is 4.31. The summed E-state index contributed by atoms with van der Waals surface area (Å²) in [5.74, 6) is -0.239. The molecule has 0 saturated carbocycles. The lowest BCUT2D eigenvalue weighted by molar-refractivity contribution is 0.108. The number of nitrogens with zero attached hydrogens (tertiary/aromatic N) is 5. The minimum Gasteiger partial charge on any atom is -0.461 e. The van der Waals surface area contributed by atoms with Crippen LogP contribution in [0.2, 0.25) is 0 Å². The maximum absolute atomic E-state index is 16.5. The molecule has 4 aliphatic heterocycles. The summed E-state index contributed by atoms with van der Waals surface area (Å²) in [6.07, 6.45) is 8.48. The molecular formula is C31H32F2N6O. The minimum atomic E-state index is -0.539. The molecule has 2 atom stereocenters. The normalized spacial score (nSPS) is 23.8. The molecule has 0 unspecified atom stereocenters. The second-order valence-electron chi connectivity index (χ2n) is 11.9. The molecule has 40 heavy (non-hydrogen) atoms. The molecule has 206 valence electrons. The van der Waals surface area contributed by atoms with Crippen molar-refractivity contribution < 1.29 is 13.5 Å². The topological polar surface area (TPSA) is 66.4 Å². The van der Waals surface area contributed by atoms with Gasteiger partial charge in [0, 0.05) is 36.9 Å². The maximum atomic E-state index is 16.5. The molecule has 4 aromatic rings. The molecule has 4 fully saturated rings. The lowest BCUT2D eigenvalue weighted by atomic mass is 9.95. The van der Waals surface area contributed by atoms with E-state index in [1.54, 1.807) is 18.3 Å². The van der Waals surface area contributed by atoms with Gasteiger partial charge in [-0.2, -0.15) is 9.97 Å². The number of hydrogen-bond acceptors (Lipinski definition) is 7. The lowest BCUT2D eigenvalue weighted by Crippen LogP contribution is -2.51. The molecule has 9 heteroatoms. The third kappa shape index (κ3) is 3.93. The highest BCUT2D eigenvalue weighted by Gasteiger charge is 2.45. The van der Waals surface area contributed by atoms with Crippen molar-refractivity contribution in [3.8, 4) is 17.3 Å². The number of benzene rings is 2. The standard InChI is InChI=1S/C31H32F2N6O/c32-20-7-6-19-4-1-5-23(24(19)14-20)27-26(33)28-25(15-34-27)29(38-16-21-8-9-22(17-38)35-21)37-30(36-28)40-18-31-10-2-12-39(31)13-3-11-31/h1,4-7,14-15,21-22,35H,2-3,8-13,16-18H2/t21-,22+. The van der Waals surface area contributed by atoms with Crippen molar-refractivity contribution in [2.24, 2.45) is 0 Å². The first-order valence-electron chi connectivity index (χ1n) is 14.5. The Bertz CT molecular complexity index is 1610. The van der Waals surface area contributed by atoms with E-state index in [2.05, 4.69) is 25.1 Å². The van der Waals surface area contributed by atoms with E-state index in [1.807, 2.05) is 12.1 Å². The second kappa shape index (κ2) is 9.31. The number of fused-ring (bicyclic) bond motifs is 5. The molecule has 7 nitrogen and oxygen atoms in total. The summed E-state index contributed by atoms with van der Waals surface area (Å²) >= 11 is 0. The predicted molar refractivity (Wildman–Crippen MR) is 151 cm³/mol. The Morgan fingerprint density at radius 1 is 0.975 bits per heavy atom. The zero-order valence-corrected chi connectivity index (χ0v) is 22.4. The highest BCUT2D eigenvalue weighted by atomic mass is 19.1. The zero-order chi connectivity index (χ0) is 26.8. The van der Waals surface area contributed by atoms with Crippen molar-refractivity contribution in [2.75, 3.05) is 37.7 Å². The van der Waals surface area contributed by atoms with E-state index in [0.29, 0.717) is 40.8 Å². The Morgan fingerprint density at radius 3 is 2.58 bits per heavy atom. The van der Waals surface area contributed by atoms with Gasteiger partial charge < -0.3 is 15.0 Å². The van der Waals surface area contributed by atoms with Crippen LogP contribution < -0.4 is 15.0 Å². The van der Waals surface area contributed by atoms with Crippen molar-refractivity contribution in [1.29, 1.82) is 0 Å². The van der Waals surface area contributed by atoms with E-state index in [4.69, 9.17) is 9.72 Å². The third-order valence-corrected chi connectivity index (χ3v) is 9.54. The zero-order valence-electron chi connectivity index (χ0n) is 22.4. The van der Waals surface area contributed by atoms with Crippen LogP contribution in [0, 0.1) is 11.6 Å². The van der Waals surface area contributed by atoms with Gasteiger partial charge in [0.25, 0.3) is 0 Å². The molecule has 0 amide bonds. The number of rotatable bonds is 5. The SMILES string of the molecule is Fc1ccc2cccc(-c3ncc4c(N5C[C@H]6CC[C@@H](C5)N6)nc(OCC56CCCN5CCC6)nc4c3F)c2c1. The van der Waals surface area contributed by atoms with Crippen molar-refractivity contribution in [3.63, 3.8) is 0 Å². The fraction of sp³-hybridized carbons (Fsp3) is 0.452. The van der Waals surface area contributed by atoms with Crippen LogP contribution in [0.4, 0.5) is 14.6 Å². The fourth-order valence-electron chi connectivity index (χ4n) is 7.60. The van der Waals surface area contributed by atoms with Crippen molar-refractivity contribution in [3.05, 3.63) is 54.2 Å². The summed E-state index contributed by atoms with van der Waals surface area (Å²) in [5, 5.41) is 5.66. The van der Waals surface area contributed by atoms with Gasteiger partial charge in [-0.25, -0.2) is 8.78 Å². The molecule has 0 aliphatic carbocycles. The number of halogens is 2. The van der Waals surface area contributed by atoms with Gasteiger partial charge >= 0.3 is 6.01 Å². The predicted octanol–water partition coefficient (Wildman–Crippen LogP) is 5.07. The number of aromatic nitrogens is 3. The first-order valence-corrected chi connectivity index (χ1v) is 14.5. The van der Waals surface area contributed by atoms with Crippen LogP contribution in [-0.4, -0.2) is 70.3 Å². The summed E-state index contributed by atoms with van der Waals surface area (Å²) in [4.78, 5) is 18.9. The van der Waals surface area contributed by atoms with E-state index < -0.39 is 5.82 Å². The van der Waals surface area contributed by atoms with Crippen molar-refractivity contribution in [1.82, 2.24) is 25.2 Å². The van der Waals surface area contributed by atoms with Crippen LogP contribution >= 0.6 is 0 Å². The van der Waals surface area contributed by atoms with Crippen LogP contribution in [-0.2, 0) is 0 Å². The minimum absolute atomic E-state index is 0.0294. The molecule has 2 bridgehead atoms. The largest absolute Gasteiger partial charge is 0.461 e. The van der Waals surface area contributed by atoms with E-state index in [0.717, 1.165) is 57.2 Å². The first kappa shape index (κ1) is 24.4. The number of hydrogen-bond donors (Lipinski definition) is 1. The average Bonchev–Trinajstić information content (AvgIpc) is 3.65. The van der Waals surface area contributed by atoms with E-state index in [1.165, 1.54) is 25.0 Å². The molecule has 4 saturated heterocycles. The quantitative estimate of drug-likeness (QED) is 0.378. The third-order valence-electron chi connectivity index (χ3n) is 9.54. The average molecular weight is 543 g/mol. The summed E-state index contributed by atoms with van der Waals surface area (Å²) in [6, 6.07) is 11.0. The summed E-state index contributed by atoms with van der Waals surface area (Å²) in [5.41, 5.74) is 0.903. The van der Waals surface area contributed by atoms with Gasteiger partial charge in [0.1, 0.15) is 29.5 Å². The van der Waals surface area contributed by atoms with Gasteiger partial charge in [0.15, 0.2) is 5.82 Å². The van der Waals surface area contributed by atoms with Crippen LogP contribution in [0.5, 0.6) is 6.01 Å². The van der Waals surface area contributed by atoms with E-state index in [9.17, 15) is 4.39 Å². The van der Waals surface area contributed by atoms with Gasteiger partial charge in [-0.1, -0.05) is 24.3 Å².